The highest BCUT2D eigenvalue weighted by Crippen LogP contribution is 2.35. The third-order valence-electron chi connectivity index (χ3n) is 2.35. The summed E-state index contributed by atoms with van der Waals surface area (Å²) in [6, 6.07) is 3.80. The molecule has 15 heavy (non-hydrogen) atoms. The average molecular weight is 208 g/mol. The van der Waals surface area contributed by atoms with Gasteiger partial charge in [-0.15, -0.1) is 0 Å². The van der Waals surface area contributed by atoms with Crippen molar-refractivity contribution < 1.29 is 14.3 Å². The zero-order valence-corrected chi connectivity index (χ0v) is 9.53. The number of hydrogen-bond acceptors (Lipinski definition) is 3. The molecule has 0 aliphatic heterocycles. The summed E-state index contributed by atoms with van der Waals surface area (Å²) in [5, 5.41) is 0. The van der Waals surface area contributed by atoms with Crippen molar-refractivity contribution in [1.29, 1.82) is 0 Å². The standard InChI is InChI=1S/C12H16O3/c1-8-5-10(14-3)12(9(2)7-13)11(6-8)15-4/h5-7,9H,1-4H3. The summed E-state index contributed by atoms with van der Waals surface area (Å²) in [6.07, 6.45) is 0.885. The molecule has 1 unspecified atom stereocenters. The topological polar surface area (TPSA) is 35.5 Å². The van der Waals surface area contributed by atoms with E-state index in [4.69, 9.17) is 9.47 Å². The lowest BCUT2D eigenvalue weighted by Gasteiger charge is -2.16. The zero-order valence-electron chi connectivity index (χ0n) is 9.53. The minimum atomic E-state index is -0.226. The van der Waals surface area contributed by atoms with E-state index in [2.05, 4.69) is 0 Å². The Morgan fingerprint density at radius 1 is 1.20 bits per heavy atom. The average Bonchev–Trinajstić information content (AvgIpc) is 2.26. The summed E-state index contributed by atoms with van der Waals surface area (Å²) in [5.41, 5.74) is 1.85. The van der Waals surface area contributed by atoms with Crippen LogP contribution in [0.5, 0.6) is 11.5 Å². The van der Waals surface area contributed by atoms with Crippen LogP contribution >= 0.6 is 0 Å². The number of ether oxygens (including phenoxy) is 2. The fourth-order valence-corrected chi connectivity index (χ4v) is 1.59. The molecule has 3 heteroatoms. The maximum absolute atomic E-state index is 10.8. The van der Waals surface area contributed by atoms with Crippen molar-refractivity contribution in [3.63, 3.8) is 0 Å². The Morgan fingerprint density at radius 3 is 2.00 bits per heavy atom. The van der Waals surface area contributed by atoms with Crippen LogP contribution in [0.25, 0.3) is 0 Å². The molecule has 0 heterocycles. The van der Waals surface area contributed by atoms with Crippen LogP contribution in [-0.2, 0) is 4.79 Å². The summed E-state index contributed by atoms with van der Waals surface area (Å²) in [5.74, 6) is 1.17. The summed E-state index contributed by atoms with van der Waals surface area (Å²) in [4.78, 5) is 10.8. The number of benzene rings is 1. The van der Waals surface area contributed by atoms with E-state index in [1.165, 1.54) is 0 Å². The highest BCUT2D eigenvalue weighted by Gasteiger charge is 2.17. The molecule has 0 bridgehead atoms. The predicted molar refractivity (Wildman–Crippen MR) is 58.8 cm³/mol. The number of carbonyl (C=O) groups excluding carboxylic acids is 1. The molecule has 1 aromatic rings. The van der Waals surface area contributed by atoms with Crippen molar-refractivity contribution in [2.75, 3.05) is 14.2 Å². The van der Waals surface area contributed by atoms with Gasteiger partial charge in [-0.1, -0.05) is 6.92 Å². The number of aryl methyl sites for hydroxylation is 1. The molecule has 1 aromatic carbocycles. The summed E-state index contributed by atoms with van der Waals surface area (Å²) >= 11 is 0. The van der Waals surface area contributed by atoms with Gasteiger partial charge in [-0.2, -0.15) is 0 Å². The monoisotopic (exact) mass is 208 g/mol. The minimum Gasteiger partial charge on any atom is -0.496 e. The van der Waals surface area contributed by atoms with Crippen LogP contribution in [0.2, 0.25) is 0 Å². The number of methoxy groups -OCH3 is 2. The first-order chi connectivity index (χ1) is 7.13. The van der Waals surface area contributed by atoms with Crippen LogP contribution in [0.15, 0.2) is 12.1 Å². The smallest absolute Gasteiger partial charge is 0.127 e. The fraction of sp³-hybridized carbons (Fsp3) is 0.417. The van der Waals surface area contributed by atoms with Crippen molar-refractivity contribution >= 4 is 6.29 Å². The van der Waals surface area contributed by atoms with E-state index in [1.807, 2.05) is 26.0 Å². The molecule has 0 aliphatic rings. The van der Waals surface area contributed by atoms with E-state index in [0.717, 1.165) is 17.4 Å². The predicted octanol–water partition coefficient (Wildman–Crippen LogP) is 2.31. The van der Waals surface area contributed by atoms with Crippen LogP contribution in [0.4, 0.5) is 0 Å². The number of rotatable bonds is 4. The van der Waals surface area contributed by atoms with Crippen molar-refractivity contribution in [2.45, 2.75) is 19.8 Å². The van der Waals surface area contributed by atoms with Crippen LogP contribution in [0.3, 0.4) is 0 Å². The highest BCUT2D eigenvalue weighted by molar-refractivity contribution is 5.67. The minimum absolute atomic E-state index is 0.226. The molecule has 0 spiro atoms. The molecule has 1 atom stereocenters. The summed E-state index contributed by atoms with van der Waals surface area (Å²) in [6.45, 7) is 3.78. The van der Waals surface area contributed by atoms with Crippen LogP contribution < -0.4 is 9.47 Å². The molecule has 0 aliphatic carbocycles. The van der Waals surface area contributed by atoms with Crippen molar-refractivity contribution in [2.24, 2.45) is 0 Å². The quantitative estimate of drug-likeness (QED) is 0.712. The van der Waals surface area contributed by atoms with E-state index in [-0.39, 0.29) is 5.92 Å². The highest BCUT2D eigenvalue weighted by atomic mass is 16.5. The lowest BCUT2D eigenvalue weighted by Crippen LogP contribution is -2.02. The Morgan fingerprint density at radius 2 is 1.67 bits per heavy atom. The molecular formula is C12H16O3. The van der Waals surface area contributed by atoms with Gasteiger partial charge in [0.05, 0.1) is 14.2 Å². The van der Waals surface area contributed by atoms with Crippen LogP contribution in [0, 0.1) is 6.92 Å². The zero-order chi connectivity index (χ0) is 11.4. The Labute approximate surface area is 90.0 Å². The number of carbonyl (C=O) groups is 1. The molecule has 0 saturated heterocycles. The van der Waals surface area contributed by atoms with Gasteiger partial charge in [0, 0.05) is 11.5 Å². The second-order valence-electron chi connectivity index (χ2n) is 3.51. The van der Waals surface area contributed by atoms with Gasteiger partial charge in [-0.25, -0.2) is 0 Å². The lowest BCUT2D eigenvalue weighted by atomic mass is 9.98. The molecule has 1 rings (SSSR count). The van der Waals surface area contributed by atoms with Gasteiger partial charge >= 0.3 is 0 Å². The molecular weight excluding hydrogens is 192 g/mol. The largest absolute Gasteiger partial charge is 0.496 e. The first-order valence-corrected chi connectivity index (χ1v) is 4.81. The SMILES string of the molecule is COc1cc(C)cc(OC)c1C(C)C=O. The summed E-state index contributed by atoms with van der Waals surface area (Å²) < 4.78 is 10.5. The van der Waals surface area contributed by atoms with E-state index in [9.17, 15) is 4.79 Å². The van der Waals surface area contributed by atoms with Gasteiger partial charge < -0.3 is 14.3 Å². The molecule has 3 nitrogen and oxygen atoms in total. The van der Waals surface area contributed by atoms with Gasteiger partial charge in [-0.3, -0.25) is 0 Å². The molecule has 0 radical (unpaired) electrons. The van der Waals surface area contributed by atoms with Gasteiger partial charge in [-0.05, 0) is 24.6 Å². The van der Waals surface area contributed by atoms with Crippen molar-refractivity contribution in [3.8, 4) is 11.5 Å². The Hall–Kier alpha value is -1.51. The third-order valence-corrected chi connectivity index (χ3v) is 2.35. The van der Waals surface area contributed by atoms with E-state index in [1.54, 1.807) is 14.2 Å². The molecule has 82 valence electrons. The second-order valence-corrected chi connectivity index (χ2v) is 3.51. The van der Waals surface area contributed by atoms with Gasteiger partial charge in [0.2, 0.25) is 0 Å². The van der Waals surface area contributed by atoms with E-state index < -0.39 is 0 Å². The first-order valence-electron chi connectivity index (χ1n) is 4.81. The molecule has 0 aromatic heterocycles. The normalized spacial score (nSPS) is 12.0. The molecule has 0 amide bonds. The third kappa shape index (κ3) is 2.29. The van der Waals surface area contributed by atoms with Gasteiger partial charge in [0.1, 0.15) is 17.8 Å². The maximum atomic E-state index is 10.8. The van der Waals surface area contributed by atoms with E-state index in [0.29, 0.717) is 11.5 Å². The Balaban J connectivity index is 3.36. The van der Waals surface area contributed by atoms with Crippen LogP contribution in [0.1, 0.15) is 24.0 Å². The first kappa shape index (κ1) is 11.6. The van der Waals surface area contributed by atoms with Crippen molar-refractivity contribution in [3.05, 3.63) is 23.3 Å². The fourth-order valence-electron chi connectivity index (χ4n) is 1.59. The second kappa shape index (κ2) is 4.82. The van der Waals surface area contributed by atoms with E-state index >= 15 is 0 Å². The lowest BCUT2D eigenvalue weighted by molar-refractivity contribution is -0.108. The van der Waals surface area contributed by atoms with Gasteiger partial charge in [0.25, 0.3) is 0 Å². The molecule has 0 fully saturated rings. The Bertz CT molecular complexity index is 333. The number of hydrogen-bond donors (Lipinski definition) is 0. The van der Waals surface area contributed by atoms with Gasteiger partial charge in [0.15, 0.2) is 0 Å². The summed E-state index contributed by atoms with van der Waals surface area (Å²) in [7, 11) is 3.18. The molecule has 0 N–H and O–H groups in total. The number of aldehydes is 1. The molecule has 0 saturated carbocycles. The van der Waals surface area contributed by atoms with Crippen molar-refractivity contribution in [1.82, 2.24) is 0 Å². The van der Waals surface area contributed by atoms with Crippen LogP contribution in [-0.4, -0.2) is 20.5 Å². The maximum Gasteiger partial charge on any atom is 0.127 e. The Kier molecular flexibility index (Phi) is 3.72.